The van der Waals surface area contributed by atoms with E-state index in [9.17, 15) is 14.9 Å². The van der Waals surface area contributed by atoms with Crippen LogP contribution >= 0.6 is 0 Å². The molecule has 0 radical (unpaired) electrons. The van der Waals surface area contributed by atoms with Crippen molar-refractivity contribution in [2.45, 2.75) is 32.0 Å². The van der Waals surface area contributed by atoms with Crippen LogP contribution < -0.4 is 4.74 Å². The first-order valence-electron chi connectivity index (χ1n) is 6.27. The number of carboxylic acid groups (broad SMARTS) is 1. The molecule has 0 aromatic heterocycles. The predicted octanol–water partition coefficient (Wildman–Crippen LogP) is 2.24. The number of aromatic carboxylic acids is 1. The molecule has 2 atom stereocenters. The molecule has 1 fully saturated rings. The fourth-order valence-corrected chi connectivity index (χ4v) is 2.10. The molecule has 0 aliphatic carbocycles. The zero-order valence-electron chi connectivity index (χ0n) is 10.9. The van der Waals surface area contributed by atoms with Crippen molar-refractivity contribution in [2.24, 2.45) is 0 Å². The molecule has 1 aromatic rings. The highest BCUT2D eigenvalue weighted by atomic mass is 16.6. The van der Waals surface area contributed by atoms with E-state index in [0.29, 0.717) is 0 Å². The van der Waals surface area contributed by atoms with Gasteiger partial charge in [-0.2, -0.15) is 0 Å². The van der Waals surface area contributed by atoms with Crippen LogP contribution in [0.5, 0.6) is 5.75 Å². The number of benzene rings is 1. The van der Waals surface area contributed by atoms with E-state index in [1.54, 1.807) is 0 Å². The Hall–Kier alpha value is -2.15. The van der Waals surface area contributed by atoms with E-state index in [0.717, 1.165) is 18.9 Å². The number of rotatable bonds is 5. The van der Waals surface area contributed by atoms with Gasteiger partial charge in [-0.25, -0.2) is 4.79 Å². The molecule has 108 valence electrons. The highest BCUT2D eigenvalue weighted by Crippen LogP contribution is 2.29. The van der Waals surface area contributed by atoms with Crippen molar-refractivity contribution in [1.29, 1.82) is 0 Å². The highest BCUT2D eigenvalue weighted by molar-refractivity contribution is 5.88. The molecule has 0 bridgehead atoms. The van der Waals surface area contributed by atoms with Crippen molar-refractivity contribution >= 4 is 11.7 Å². The van der Waals surface area contributed by atoms with Gasteiger partial charge < -0.3 is 14.6 Å². The molecule has 1 N–H and O–H groups in total. The van der Waals surface area contributed by atoms with Gasteiger partial charge in [0.05, 0.1) is 22.7 Å². The zero-order chi connectivity index (χ0) is 14.7. The van der Waals surface area contributed by atoms with Gasteiger partial charge in [0.2, 0.25) is 0 Å². The minimum Gasteiger partial charge on any atom is -0.484 e. The third-order valence-electron chi connectivity index (χ3n) is 3.15. The van der Waals surface area contributed by atoms with E-state index in [2.05, 4.69) is 0 Å². The van der Waals surface area contributed by atoms with Gasteiger partial charge >= 0.3 is 11.7 Å². The minimum absolute atomic E-state index is 0.0435. The van der Waals surface area contributed by atoms with E-state index < -0.39 is 10.9 Å². The average Bonchev–Trinajstić information content (AvgIpc) is 2.81. The number of carbonyl (C=O) groups is 1. The molecule has 0 amide bonds. The number of hydrogen-bond donors (Lipinski definition) is 1. The number of nitro benzene ring substituents is 1. The molecule has 1 saturated heterocycles. The number of ether oxygens (including phenoxy) is 2. The quantitative estimate of drug-likeness (QED) is 0.656. The fraction of sp³-hybridized carbons (Fsp3) is 0.462. The van der Waals surface area contributed by atoms with E-state index in [1.807, 2.05) is 6.92 Å². The van der Waals surface area contributed by atoms with Crippen LogP contribution in [0.25, 0.3) is 0 Å². The Bertz CT molecular complexity index is 530. The molecule has 1 aromatic carbocycles. The molecule has 7 heteroatoms. The van der Waals surface area contributed by atoms with Crippen molar-refractivity contribution in [2.75, 3.05) is 6.61 Å². The summed E-state index contributed by atoms with van der Waals surface area (Å²) in [6, 6.07) is 3.48. The van der Waals surface area contributed by atoms with E-state index in [4.69, 9.17) is 14.6 Å². The molecular weight excluding hydrogens is 266 g/mol. The van der Waals surface area contributed by atoms with Gasteiger partial charge in [0, 0.05) is 12.1 Å². The first-order valence-corrected chi connectivity index (χ1v) is 6.27. The van der Waals surface area contributed by atoms with Gasteiger partial charge in [-0.3, -0.25) is 10.1 Å². The van der Waals surface area contributed by atoms with Crippen molar-refractivity contribution in [3.8, 4) is 5.75 Å². The van der Waals surface area contributed by atoms with Crippen LogP contribution in [0.2, 0.25) is 0 Å². The van der Waals surface area contributed by atoms with E-state index >= 15 is 0 Å². The lowest BCUT2D eigenvalue weighted by molar-refractivity contribution is -0.385. The standard InChI is InChI=1S/C13H15NO6/c1-8-2-4-10(20-8)7-19-12-6-9(13(15)16)3-5-11(12)14(17)18/h3,5-6,8,10H,2,4,7H2,1H3,(H,15,16). The third kappa shape index (κ3) is 3.24. The third-order valence-corrected chi connectivity index (χ3v) is 3.15. The Balaban J connectivity index is 2.13. The molecule has 7 nitrogen and oxygen atoms in total. The summed E-state index contributed by atoms with van der Waals surface area (Å²) >= 11 is 0. The molecular formula is C13H15NO6. The summed E-state index contributed by atoms with van der Waals surface area (Å²) in [5.74, 6) is -1.20. The number of nitro groups is 1. The summed E-state index contributed by atoms with van der Waals surface area (Å²) < 4.78 is 10.9. The Morgan fingerprint density at radius 2 is 2.30 bits per heavy atom. The number of hydrogen-bond acceptors (Lipinski definition) is 5. The number of carboxylic acids is 1. The maximum absolute atomic E-state index is 10.9. The van der Waals surface area contributed by atoms with Crippen LogP contribution in [-0.2, 0) is 4.74 Å². The van der Waals surface area contributed by atoms with Crippen molar-refractivity contribution < 1.29 is 24.3 Å². The lowest BCUT2D eigenvalue weighted by atomic mass is 10.2. The van der Waals surface area contributed by atoms with E-state index in [1.165, 1.54) is 12.1 Å². The predicted molar refractivity (Wildman–Crippen MR) is 69.1 cm³/mol. The van der Waals surface area contributed by atoms with Crippen molar-refractivity contribution in [3.05, 3.63) is 33.9 Å². The van der Waals surface area contributed by atoms with Gasteiger partial charge in [-0.15, -0.1) is 0 Å². The maximum Gasteiger partial charge on any atom is 0.335 e. The van der Waals surface area contributed by atoms with Gasteiger partial charge in [0.15, 0.2) is 5.75 Å². The second kappa shape index (κ2) is 5.87. The van der Waals surface area contributed by atoms with Crippen LogP contribution in [0.15, 0.2) is 18.2 Å². The number of nitrogens with zero attached hydrogens (tertiary/aromatic N) is 1. The first kappa shape index (κ1) is 14.3. The largest absolute Gasteiger partial charge is 0.484 e. The zero-order valence-corrected chi connectivity index (χ0v) is 10.9. The van der Waals surface area contributed by atoms with Gasteiger partial charge in [-0.05, 0) is 25.8 Å². The van der Waals surface area contributed by atoms with Gasteiger partial charge in [0.25, 0.3) is 0 Å². The van der Waals surface area contributed by atoms with Gasteiger partial charge in [-0.1, -0.05) is 0 Å². The van der Waals surface area contributed by atoms with Crippen molar-refractivity contribution in [1.82, 2.24) is 0 Å². The molecule has 2 rings (SSSR count). The Morgan fingerprint density at radius 1 is 1.55 bits per heavy atom. The lowest BCUT2D eigenvalue weighted by Crippen LogP contribution is -2.18. The van der Waals surface area contributed by atoms with Crippen LogP contribution in [0, 0.1) is 10.1 Å². The average molecular weight is 281 g/mol. The summed E-state index contributed by atoms with van der Waals surface area (Å²) in [6.07, 6.45) is 1.79. The smallest absolute Gasteiger partial charge is 0.335 e. The summed E-state index contributed by atoms with van der Waals surface area (Å²) in [7, 11) is 0. The van der Waals surface area contributed by atoms with Crippen LogP contribution in [0.3, 0.4) is 0 Å². The Morgan fingerprint density at radius 3 is 2.85 bits per heavy atom. The summed E-state index contributed by atoms with van der Waals surface area (Å²) in [4.78, 5) is 21.2. The normalized spacial score (nSPS) is 21.6. The second-order valence-electron chi connectivity index (χ2n) is 4.70. The van der Waals surface area contributed by atoms with Crippen LogP contribution in [0.4, 0.5) is 5.69 Å². The second-order valence-corrected chi connectivity index (χ2v) is 4.70. The monoisotopic (exact) mass is 281 g/mol. The lowest BCUT2D eigenvalue weighted by Gasteiger charge is -2.13. The summed E-state index contributed by atoms with van der Waals surface area (Å²) in [5, 5.41) is 19.8. The SMILES string of the molecule is CC1CCC(COc2cc(C(=O)O)ccc2[N+](=O)[O-])O1. The molecule has 0 spiro atoms. The summed E-state index contributed by atoms with van der Waals surface area (Å²) in [6.45, 7) is 2.13. The maximum atomic E-state index is 10.9. The molecule has 1 aliphatic heterocycles. The molecule has 2 unspecified atom stereocenters. The molecule has 0 saturated carbocycles. The fourth-order valence-electron chi connectivity index (χ4n) is 2.10. The molecule has 1 aliphatic rings. The topological polar surface area (TPSA) is 98.9 Å². The minimum atomic E-state index is -1.16. The molecule has 20 heavy (non-hydrogen) atoms. The van der Waals surface area contributed by atoms with Crippen LogP contribution in [0.1, 0.15) is 30.1 Å². The van der Waals surface area contributed by atoms with Crippen molar-refractivity contribution in [3.63, 3.8) is 0 Å². The first-order chi connectivity index (χ1) is 9.47. The van der Waals surface area contributed by atoms with E-state index in [-0.39, 0.29) is 35.8 Å². The van der Waals surface area contributed by atoms with Crippen LogP contribution in [-0.4, -0.2) is 34.8 Å². The molecule has 1 heterocycles. The Kier molecular flexibility index (Phi) is 4.19. The highest BCUT2D eigenvalue weighted by Gasteiger charge is 2.24. The van der Waals surface area contributed by atoms with Gasteiger partial charge in [0.1, 0.15) is 6.61 Å². The summed E-state index contributed by atoms with van der Waals surface area (Å²) in [5.41, 5.74) is -0.299. The Labute approximate surface area is 115 Å².